The molecule has 6 nitrogen and oxygen atoms in total. The third-order valence-corrected chi connectivity index (χ3v) is 6.58. The summed E-state index contributed by atoms with van der Waals surface area (Å²) in [5.41, 5.74) is 10.7. The van der Waals surface area contributed by atoms with E-state index >= 15 is 0 Å². The molecule has 7 heteroatoms. The number of carbonyl (C=O) groups excluding carboxylic acids is 1. The zero-order valence-corrected chi connectivity index (χ0v) is 20.1. The number of hydrogen-bond acceptors (Lipinski definition) is 4. The Morgan fingerprint density at radius 3 is 2.64 bits per heavy atom. The molecule has 1 atom stereocenters. The highest BCUT2D eigenvalue weighted by Crippen LogP contribution is 2.28. The molecule has 1 unspecified atom stereocenters. The Balaban J connectivity index is 1.17. The van der Waals surface area contributed by atoms with Gasteiger partial charge in [0.25, 0.3) is 0 Å². The van der Waals surface area contributed by atoms with Crippen molar-refractivity contribution in [2.24, 2.45) is 0 Å². The maximum absolute atomic E-state index is 14.7. The van der Waals surface area contributed by atoms with E-state index in [1.54, 1.807) is 19.3 Å². The number of carbonyl (C=O) groups is 1. The molecule has 0 spiro atoms. The quantitative estimate of drug-likeness (QED) is 0.280. The molecule has 3 N–H and O–H groups in total. The lowest BCUT2D eigenvalue weighted by Gasteiger charge is -2.14. The van der Waals surface area contributed by atoms with Crippen LogP contribution in [0.2, 0.25) is 0 Å². The lowest BCUT2D eigenvalue weighted by Crippen LogP contribution is -2.29. The number of imidazole rings is 1. The Labute approximate surface area is 209 Å². The predicted octanol–water partition coefficient (Wildman–Crippen LogP) is 5.67. The van der Waals surface area contributed by atoms with Crippen LogP contribution in [0.4, 0.5) is 10.2 Å². The molecule has 1 amide bonds. The van der Waals surface area contributed by atoms with E-state index in [1.807, 2.05) is 60.7 Å². The van der Waals surface area contributed by atoms with Crippen LogP contribution >= 0.6 is 0 Å². The van der Waals surface area contributed by atoms with Crippen molar-refractivity contribution in [3.8, 4) is 11.1 Å². The number of anilines is 1. The number of halogens is 1. The first-order chi connectivity index (χ1) is 17.5. The van der Waals surface area contributed by atoms with Crippen LogP contribution in [0.1, 0.15) is 31.2 Å². The fraction of sp³-hybridized carbons (Fsp3) is 0.207. The molecule has 182 valence electrons. The second-order valence-electron chi connectivity index (χ2n) is 8.97. The summed E-state index contributed by atoms with van der Waals surface area (Å²) in [6, 6.07) is 22.3. The fourth-order valence-corrected chi connectivity index (χ4v) is 4.55. The highest BCUT2D eigenvalue weighted by molar-refractivity contribution is 6.06. The minimum atomic E-state index is -0.441. The van der Waals surface area contributed by atoms with Gasteiger partial charge < -0.3 is 15.6 Å². The first kappa shape index (κ1) is 23.5. The van der Waals surface area contributed by atoms with Crippen LogP contribution < -0.4 is 11.1 Å². The van der Waals surface area contributed by atoms with E-state index in [2.05, 4.69) is 19.9 Å². The molecular weight excluding hydrogens is 453 g/mol. The number of rotatable bonds is 8. The fourth-order valence-electron chi connectivity index (χ4n) is 4.55. The summed E-state index contributed by atoms with van der Waals surface area (Å²) in [6.07, 6.45) is 3.46. The van der Waals surface area contributed by atoms with Crippen LogP contribution in [-0.2, 0) is 11.3 Å². The third-order valence-electron chi connectivity index (χ3n) is 6.58. The Morgan fingerprint density at radius 1 is 1.06 bits per heavy atom. The number of amides is 1. The Morgan fingerprint density at radius 2 is 1.83 bits per heavy atom. The van der Waals surface area contributed by atoms with Gasteiger partial charge in [-0.15, -0.1) is 0 Å². The van der Waals surface area contributed by atoms with Crippen molar-refractivity contribution < 1.29 is 9.18 Å². The highest BCUT2D eigenvalue weighted by Gasteiger charge is 2.17. The van der Waals surface area contributed by atoms with Gasteiger partial charge in [0.05, 0.1) is 23.3 Å². The number of aryl methyl sites for hydroxylation is 1. The molecule has 0 fully saturated rings. The monoisotopic (exact) mass is 481 g/mol. The van der Waals surface area contributed by atoms with Gasteiger partial charge in [0.1, 0.15) is 11.3 Å². The Bertz CT molecular complexity index is 1530. The molecule has 0 aliphatic rings. The Hall–Kier alpha value is -4.26. The van der Waals surface area contributed by atoms with Gasteiger partial charge in [-0.05, 0) is 43.0 Å². The first-order valence-corrected chi connectivity index (χ1v) is 12.1. The average Bonchev–Trinajstić information content (AvgIpc) is 3.33. The van der Waals surface area contributed by atoms with E-state index in [0.717, 1.165) is 41.4 Å². The molecule has 2 heterocycles. The van der Waals surface area contributed by atoms with E-state index < -0.39 is 5.92 Å². The molecule has 5 rings (SSSR count). The summed E-state index contributed by atoms with van der Waals surface area (Å²) in [5, 5.41) is 4.01. The van der Waals surface area contributed by atoms with E-state index in [4.69, 9.17) is 5.73 Å². The van der Waals surface area contributed by atoms with E-state index in [-0.39, 0.29) is 11.7 Å². The third kappa shape index (κ3) is 4.64. The van der Waals surface area contributed by atoms with Gasteiger partial charge in [0, 0.05) is 24.0 Å². The number of aromatic nitrogens is 3. The van der Waals surface area contributed by atoms with Crippen molar-refractivity contribution in [3.05, 3.63) is 90.5 Å². The van der Waals surface area contributed by atoms with Crippen LogP contribution in [0.15, 0.2) is 79.1 Å². The van der Waals surface area contributed by atoms with Crippen molar-refractivity contribution in [2.75, 3.05) is 12.3 Å². The van der Waals surface area contributed by atoms with Crippen LogP contribution in [0.3, 0.4) is 0 Å². The number of unbranched alkanes of at least 4 members (excludes halogenated alkanes) is 1. The molecular formula is C29H28FN5O. The smallest absolute Gasteiger partial charge is 0.227 e. The number of nitrogens with zero attached hydrogens (tertiary/aromatic N) is 3. The SMILES string of the molecule is CC(C(=O)NCCCCn1cnc2c(N)nc3ccccc3c21)c1ccc(-c2ccccc2)c(F)c1. The summed E-state index contributed by atoms with van der Waals surface area (Å²) >= 11 is 0. The van der Waals surface area contributed by atoms with Gasteiger partial charge in [-0.2, -0.15) is 0 Å². The minimum absolute atomic E-state index is 0.111. The number of hydrogen-bond donors (Lipinski definition) is 2. The molecule has 0 saturated heterocycles. The second-order valence-corrected chi connectivity index (χ2v) is 8.97. The van der Waals surface area contributed by atoms with Gasteiger partial charge in [-0.1, -0.05) is 60.7 Å². The topological polar surface area (TPSA) is 85.8 Å². The van der Waals surface area contributed by atoms with E-state index in [0.29, 0.717) is 29.0 Å². The summed E-state index contributed by atoms with van der Waals surface area (Å²) < 4.78 is 16.8. The largest absolute Gasteiger partial charge is 0.382 e. The lowest BCUT2D eigenvalue weighted by atomic mass is 9.96. The van der Waals surface area contributed by atoms with Crippen LogP contribution in [0, 0.1) is 5.82 Å². The first-order valence-electron chi connectivity index (χ1n) is 12.1. The summed E-state index contributed by atoms with van der Waals surface area (Å²) in [4.78, 5) is 21.6. The maximum Gasteiger partial charge on any atom is 0.227 e. The minimum Gasteiger partial charge on any atom is -0.382 e. The van der Waals surface area contributed by atoms with E-state index in [9.17, 15) is 9.18 Å². The van der Waals surface area contributed by atoms with Crippen molar-refractivity contribution in [1.29, 1.82) is 0 Å². The van der Waals surface area contributed by atoms with Crippen LogP contribution in [-0.4, -0.2) is 27.0 Å². The number of fused-ring (bicyclic) bond motifs is 3. The van der Waals surface area contributed by atoms with Crippen molar-refractivity contribution >= 4 is 33.7 Å². The summed E-state index contributed by atoms with van der Waals surface area (Å²) in [7, 11) is 0. The maximum atomic E-state index is 14.7. The van der Waals surface area contributed by atoms with Gasteiger partial charge in [0.15, 0.2) is 5.82 Å². The normalized spacial score (nSPS) is 12.2. The van der Waals surface area contributed by atoms with Crippen molar-refractivity contribution in [3.63, 3.8) is 0 Å². The van der Waals surface area contributed by atoms with Gasteiger partial charge in [0.2, 0.25) is 5.91 Å². The molecule has 2 aromatic heterocycles. The van der Waals surface area contributed by atoms with Crippen molar-refractivity contribution in [1.82, 2.24) is 19.9 Å². The average molecular weight is 482 g/mol. The number of nitrogens with one attached hydrogen (secondary N) is 1. The van der Waals surface area contributed by atoms with Gasteiger partial charge in [-0.25, -0.2) is 14.4 Å². The molecule has 0 saturated carbocycles. The number of para-hydroxylation sites is 1. The van der Waals surface area contributed by atoms with E-state index in [1.165, 1.54) is 6.07 Å². The summed E-state index contributed by atoms with van der Waals surface area (Å²) in [6.45, 7) is 3.10. The summed E-state index contributed by atoms with van der Waals surface area (Å²) in [5.74, 6) is -0.449. The molecule has 5 aromatic rings. The molecule has 0 aliphatic heterocycles. The molecule has 0 radical (unpaired) electrons. The lowest BCUT2D eigenvalue weighted by molar-refractivity contribution is -0.122. The number of pyridine rings is 1. The zero-order chi connectivity index (χ0) is 25.1. The zero-order valence-electron chi connectivity index (χ0n) is 20.1. The molecule has 3 aromatic carbocycles. The molecule has 36 heavy (non-hydrogen) atoms. The van der Waals surface area contributed by atoms with Crippen LogP contribution in [0.5, 0.6) is 0 Å². The standard InChI is InChI=1S/C29H28FN5O/c1-19(21-13-14-22(24(30)17-21)20-9-3-2-4-10-20)29(36)32-15-7-8-16-35-18-33-26-27(35)23-11-5-6-12-25(23)34-28(26)31/h2-6,9-14,17-19H,7-8,15-16H2,1H3,(H2,31,34)(H,32,36). The van der Waals surface area contributed by atoms with Gasteiger partial charge in [-0.3, -0.25) is 4.79 Å². The van der Waals surface area contributed by atoms with Crippen molar-refractivity contribution in [2.45, 2.75) is 32.2 Å². The highest BCUT2D eigenvalue weighted by atomic mass is 19.1. The van der Waals surface area contributed by atoms with Crippen LogP contribution in [0.25, 0.3) is 33.1 Å². The number of benzene rings is 3. The molecule has 0 aliphatic carbocycles. The number of nitrogen functional groups attached to an aromatic ring is 1. The Kier molecular flexibility index (Phi) is 6.62. The predicted molar refractivity (Wildman–Crippen MR) is 142 cm³/mol. The van der Waals surface area contributed by atoms with Gasteiger partial charge >= 0.3 is 0 Å². The number of nitrogens with two attached hydrogens (primary N) is 1. The molecule has 0 bridgehead atoms. The second kappa shape index (κ2) is 10.2.